The van der Waals surface area contributed by atoms with Crippen molar-refractivity contribution in [2.75, 3.05) is 13.1 Å². The fourth-order valence-corrected chi connectivity index (χ4v) is 2.47. The molecule has 0 bridgehead atoms. The second kappa shape index (κ2) is 10.6. The Labute approximate surface area is 132 Å². The summed E-state index contributed by atoms with van der Waals surface area (Å²) in [6.45, 7) is 16.3. The lowest BCUT2D eigenvalue weighted by atomic mass is 9.83. The van der Waals surface area contributed by atoms with Gasteiger partial charge in [0.2, 0.25) is 5.91 Å². The van der Waals surface area contributed by atoms with Crippen molar-refractivity contribution in [2.24, 2.45) is 5.41 Å². The molecule has 1 amide bonds. The molecular formula is C19H35NO. The highest BCUT2D eigenvalue weighted by molar-refractivity contribution is 5.76. The molecule has 0 fully saturated rings. The second-order valence-electron chi connectivity index (χ2n) is 6.97. The van der Waals surface area contributed by atoms with Crippen molar-refractivity contribution in [2.45, 2.75) is 73.1 Å². The van der Waals surface area contributed by atoms with Crippen LogP contribution in [0.1, 0.15) is 73.1 Å². The van der Waals surface area contributed by atoms with Crippen LogP contribution in [0, 0.1) is 5.41 Å². The van der Waals surface area contributed by atoms with Gasteiger partial charge in [0.1, 0.15) is 0 Å². The third-order valence-electron chi connectivity index (χ3n) is 3.82. The van der Waals surface area contributed by atoms with Crippen LogP contribution in [-0.4, -0.2) is 23.9 Å². The molecule has 0 aliphatic heterocycles. The van der Waals surface area contributed by atoms with Crippen LogP contribution >= 0.6 is 0 Å². The normalized spacial score (nSPS) is 11.1. The predicted octanol–water partition coefficient (Wildman–Crippen LogP) is 5.35. The summed E-state index contributed by atoms with van der Waals surface area (Å²) in [6.07, 6.45) is 10.3. The van der Waals surface area contributed by atoms with Crippen molar-refractivity contribution >= 4 is 5.91 Å². The van der Waals surface area contributed by atoms with Crippen LogP contribution in [-0.2, 0) is 4.79 Å². The summed E-state index contributed by atoms with van der Waals surface area (Å²) in [4.78, 5) is 14.0. The number of nitrogens with zero attached hydrogens (tertiary/aromatic N) is 1. The molecule has 0 spiro atoms. The topological polar surface area (TPSA) is 20.3 Å². The van der Waals surface area contributed by atoms with Gasteiger partial charge in [-0.1, -0.05) is 38.5 Å². The highest BCUT2D eigenvalue weighted by Gasteiger charge is 2.18. The van der Waals surface area contributed by atoms with Crippen molar-refractivity contribution in [3.63, 3.8) is 0 Å². The molecule has 0 radical (unpaired) electrons. The maximum absolute atomic E-state index is 12.0. The van der Waals surface area contributed by atoms with Crippen LogP contribution in [0.15, 0.2) is 24.3 Å². The summed E-state index contributed by atoms with van der Waals surface area (Å²) >= 11 is 0. The van der Waals surface area contributed by atoms with Gasteiger partial charge >= 0.3 is 0 Å². The average molecular weight is 293 g/mol. The van der Waals surface area contributed by atoms with E-state index in [-0.39, 0.29) is 5.91 Å². The third-order valence-corrected chi connectivity index (χ3v) is 3.82. The summed E-state index contributed by atoms with van der Waals surface area (Å²) in [5.41, 5.74) is 1.74. The molecule has 0 unspecified atom stereocenters. The fourth-order valence-electron chi connectivity index (χ4n) is 2.47. The van der Waals surface area contributed by atoms with E-state index < -0.39 is 0 Å². The van der Waals surface area contributed by atoms with Gasteiger partial charge in [0.05, 0.1) is 0 Å². The SMILES string of the molecule is C=CCN(CCCC(C)(C)CCC=C(C)C)C(=O)CCC. The first kappa shape index (κ1) is 19.9. The van der Waals surface area contributed by atoms with Gasteiger partial charge in [-0.05, 0) is 51.4 Å². The molecule has 0 saturated carbocycles. The smallest absolute Gasteiger partial charge is 0.222 e. The Morgan fingerprint density at radius 2 is 1.90 bits per heavy atom. The molecule has 0 atom stereocenters. The highest BCUT2D eigenvalue weighted by Crippen LogP contribution is 2.28. The molecule has 0 aromatic heterocycles. The summed E-state index contributed by atoms with van der Waals surface area (Å²) in [7, 11) is 0. The van der Waals surface area contributed by atoms with E-state index >= 15 is 0 Å². The van der Waals surface area contributed by atoms with E-state index in [1.54, 1.807) is 0 Å². The van der Waals surface area contributed by atoms with E-state index in [4.69, 9.17) is 0 Å². The van der Waals surface area contributed by atoms with E-state index in [1.165, 1.54) is 12.0 Å². The third kappa shape index (κ3) is 10.3. The van der Waals surface area contributed by atoms with Crippen LogP contribution in [0.2, 0.25) is 0 Å². The standard InChI is InChI=1S/C19H35NO/c1-7-11-18(21)20(15-8-2)16-10-14-19(5,6)13-9-12-17(3)4/h8,12H,2,7,9-11,13-16H2,1,3-6H3. The van der Waals surface area contributed by atoms with Crippen LogP contribution in [0.5, 0.6) is 0 Å². The predicted molar refractivity (Wildman–Crippen MR) is 93.4 cm³/mol. The van der Waals surface area contributed by atoms with Crippen LogP contribution < -0.4 is 0 Å². The lowest BCUT2D eigenvalue weighted by Crippen LogP contribution is -2.32. The zero-order valence-corrected chi connectivity index (χ0v) is 14.9. The van der Waals surface area contributed by atoms with Crippen molar-refractivity contribution in [3.05, 3.63) is 24.3 Å². The maximum Gasteiger partial charge on any atom is 0.222 e. The monoisotopic (exact) mass is 293 g/mol. The maximum atomic E-state index is 12.0. The number of amides is 1. The largest absolute Gasteiger partial charge is 0.339 e. The minimum absolute atomic E-state index is 0.264. The molecule has 0 saturated heterocycles. The number of hydrogen-bond donors (Lipinski definition) is 0. The Hall–Kier alpha value is -1.05. The molecule has 0 N–H and O–H groups in total. The van der Waals surface area contributed by atoms with E-state index in [0.717, 1.165) is 32.2 Å². The molecule has 0 aliphatic rings. The zero-order chi connectivity index (χ0) is 16.3. The van der Waals surface area contributed by atoms with Gasteiger partial charge in [0.25, 0.3) is 0 Å². The minimum Gasteiger partial charge on any atom is -0.339 e. The lowest BCUT2D eigenvalue weighted by molar-refractivity contribution is -0.130. The summed E-state index contributed by atoms with van der Waals surface area (Å²) in [5.74, 6) is 0.264. The number of carbonyl (C=O) groups is 1. The Bertz CT molecular complexity index is 337. The van der Waals surface area contributed by atoms with Crippen molar-refractivity contribution in [1.82, 2.24) is 4.90 Å². The molecule has 21 heavy (non-hydrogen) atoms. The van der Waals surface area contributed by atoms with Crippen molar-refractivity contribution < 1.29 is 4.79 Å². The summed E-state index contributed by atoms with van der Waals surface area (Å²) in [5, 5.41) is 0. The lowest BCUT2D eigenvalue weighted by Gasteiger charge is -2.27. The second-order valence-corrected chi connectivity index (χ2v) is 6.97. The first-order valence-electron chi connectivity index (χ1n) is 8.34. The Morgan fingerprint density at radius 1 is 1.24 bits per heavy atom. The number of rotatable bonds is 11. The van der Waals surface area contributed by atoms with E-state index in [2.05, 4.69) is 47.3 Å². The molecule has 0 heterocycles. The van der Waals surface area contributed by atoms with Crippen LogP contribution in [0.4, 0.5) is 0 Å². The molecule has 122 valence electrons. The molecule has 2 heteroatoms. The van der Waals surface area contributed by atoms with E-state index in [0.29, 0.717) is 18.4 Å². The number of carbonyl (C=O) groups excluding carboxylic acids is 1. The highest BCUT2D eigenvalue weighted by atomic mass is 16.2. The van der Waals surface area contributed by atoms with Gasteiger partial charge in [-0.15, -0.1) is 6.58 Å². The first-order chi connectivity index (χ1) is 9.82. The molecule has 0 aliphatic carbocycles. The van der Waals surface area contributed by atoms with Crippen LogP contribution in [0.3, 0.4) is 0 Å². The number of allylic oxidation sites excluding steroid dienone is 2. The van der Waals surface area contributed by atoms with Gasteiger partial charge in [-0.25, -0.2) is 0 Å². The number of hydrogen-bond acceptors (Lipinski definition) is 1. The quantitative estimate of drug-likeness (QED) is 0.470. The summed E-state index contributed by atoms with van der Waals surface area (Å²) in [6, 6.07) is 0. The Kier molecular flexibility index (Phi) is 10.1. The molecule has 0 aromatic carbocycles. The van der Waals surface area contributed by atoms with Gasteiger partial charge < -0.3 is 4.90 Å². The van der Waals surface area contributed by atoms with Crippen LogP contribution in [0.25, 0.3) is 0 Å². The zero-order valence-electron chi connectivity index (χ0n) is 14.9. The van der Waals surface area contributed by atoms with Gasteiger partial charge in [-0.2, -0.15) is 0 Å². The van der Waals surface area contributed by atoms with E-state index in [9.17, 15) is 4.79 Å². The van der Waals surface area contributed by atoms with Gasteiger partial charge in [-0.3, -0.25) is 4.79 Å². The molecular weight excluding hydrogens is 258 g/mol. The Morgan fingerprint density at radius 3 is 2.43 bits per heavy atom. The van der Waals surface area contributed by atoms with Crippen molar-refractivity contribution in [3.8, 4) is 0 Å². The van der Waals surface area contributed by atoms with Gasteiger partial charge in [0.15, 0.2) is 0 Å². The summed E-state index contributed by atoms with van der Waals surface area (Å²) < 4.78 is 0. The molecule has 2 nitrogen and oxygen atoms in total. The Balaban J connectivity index is 4.19. The van der Waals surface area contributed by atoms with Crippen molar-refractivity contribution in [1.29, 1.82) is 0 Å². The molecule has 0 rings (SSSR count). The fraction of sp³-hybridized carbons (Fsp3) is 0.737. The van der Waals surface area contributed by atoms with Gasteiger partial charge in [0, 0.05) is 19.5 Å². The average Bonchev–Trinajstić information content (AvgIpc) is 2.37. The first-order valence-corrected chi connectivity index (χ1v) is 8.34. The van der Waals surface area contributed by atoms with E-state index in [1.807, 2.05) is 11.0 Å². The minimum atomic E-state index is 0.264. The molecule has 0 aromatic rings.